The van der Waals surface area contributed by atoms with Crippen LogP contribution in [0.5, 0.6) is 11.5 Å². The Morgan fingerprint density at radius 1 is 0.718 bits per heavy atom. The number of fused-ring (bicyclic) bond motifs is 1. The molecule has 0 aliphatic carbocycles. The van der Waals surface area contributed by atoms with Crippen LogP contribution >= 0.6 is 0 Å². The van der Waals surface area contributed by atoms with Gasteiger partial charge in [0.25, 0.3) is 5.91 Å². The van der Waals surface area contributed by atoms with Gasteiger partial charge in [0.05, 0.1) is 30.6 Å². The third kappa shape index (κ3) is 5.64. The summed E-state index contributed by atoms with van der Waals surface area (Å²) in [4.78, 5) is 34.8. The van der Waals surface area contributed by atoms with Gasteiger partial charge in [-0.15, -0.1) is 0 Å². The van der Waals surface area contributed by atoms with Crippen LogP contribution in [0.4, 0.5) is 11.4 Å². The lowest BCUT2D eigenvalue weighted by Crippen LogP contribution is -2.37. The second kappa shape index (κ2) is 12.3. The average molecular weight is 529 g/mol. The number of anilines is 2. The Morgan fingerprint density at radius 2 is 1.38 bits per heavy atom. The van der Waals surface area contributed by atoms with Crippen LogP contribution in [0.3, 0.4) is 0 Å². The molecular formula is C32H36N2O5. The number of para-hydroxylation sites is 1. The van der Waals surface area contributed by atoms with E-state index in [1.807, 2.05) is 61.5 Å². The van der Waals surface area contributed by atoms with E-state index in [-0.39, 0.29) is 11.8 Å². The molecule has 3 atom stereocenters. The number of carbonyl (C=O) groups is 2. The number of imide groups is 1. The molecule has 7 heteroatoms. The van der Waals surface area contributed by atoms with Gasteiger partial charge in [-0.1, -0.05) is 62.9 Å². The van der Waals surface area contributed by atoms with Crippen molar-refractivity contribution in [2.75, 3.05) is 23.2 Å². The highest BCUT2D eigenvalue weighted by Gasteiger charge is 2.60. The summed E-state index contributed by atoms with van der Waals surface area (Å²) in [6.45, 7) is 5.34. The Hall–Kier alpha value is -3.84. The highest BCUT2D eigenvalue weighted by Crippen LogP contribution is 2.47. The van der Waals surface area contributed by atoms with E-state index >= 15 is 0 Å². The minimum Gasteiger partial charge on any atom is -0.494 e. The Balaban J connectivity index is 1.37. The number of ether oxygens (including phenoxy) is 2. The van der Waals surface area contributed by atoms with Crippen LogP contribution < -0.4 is 19.4 Å². The van der Waals surface area contributed by atoms with Crippen molar-refractivity contribution in [3.8, 4) is 11.5 Å². The van der Waals surface area contributed by atoms with Crippen molar-refractivity contribution in [2.45, 2.75) is 58.1 Å². The summed E-state index contributed by atoms with van der Waals surface area (Å²) >= 11 is 0. The monoisotopic (exact) mass is 528 g/mol. The number of hydrogen-bond donors (Lipinski definition) is 0. The molecule has 39 heavy (non-hydrogen) atoms. The fourth-order valence-corrected chi connectivity index (χ4v) is 5.32. The van der Waals surface area contributed by atoms with E-state index in [2.05, 4.69) is 6.92 Å². The van der Waals surface area contributed by atoms with E-state index in [1.54, 1.807) is 29.3 Å². The zero-order chi connectivity index (χ0) is 27.2. The first kappa shape index (κ1) is 26.8. The van der Waals surface area contributed by atoms with E-state index in [4.69, 9.17) is 14.3 Å². The smallest absolute Gasteiger partial charge is 0.266 e. The number of amides is 2. The molecule has 0 bridgehead atoms. The maximum Gasteiger partial charge on any atom is 0.266 e. The molecule has 0 N–H and O–H groups in total. The Morgan fingerprint density at radius 3 is 2.08 bits per heavy atom. The number of benzene rings is 3. The molecule has 2 aliphatic rings. The molecule has 7 nitrogen and oxygen atoms in total. The molecular weight excluding hydrogens is 492 g/mol. The van der Waals surface area contributed by atoms with Crippen LogP contribution in [-0.2, 0) is 14.4 Å². The largest absolute Gasteiger partial charge is 0.494 e. The molecule has 0 spiro atoms. The number of rotatable bonds is 12. The minimum absolute atomic E-state index is 0.273. The summed E-state index contributed by atoms with van der Waals surface area (Å²) in [6, 6.07) is 23.9. The molecule has 204 valence electrons. The standard InChI is InChI=1S/C32H36N2O5/c1-3-5-6-7-11-22-38-27-18-14-23(15-19-27)29-28-30(39-34(29)25-12-9-8-10-13-25)32(36)33(31(28)35)24-16-20-26(21-17-24)37-4-2/h8-10,12-21,28-30H,3-7,11,22H2,1-2H3. The first-order chi connectivity index (χ1) is 19.1. The lowest BCUT2D eigenvalue weighted by molar-refractivity contribution is -0.126. The predicted octanol–water partition coefficient (Wildman–Crippen LogP) is 6.49. The third-order valence-electron chi connectivity index (χ3n) is 7.27. The number of unbranched alkanes of at least 4 members (excludes halogenated alkanes) is 4. The van der Waals surface area contributed by atoms with Gasteiger partial charge in [-0.3, -0.25) is 14.4 Å². The summed E-state index contributed by atoms with van der Waals surface area (Å²) in [5, 5.41) is 1.71. The van der Waals surface area contributed by atoms with Crippen molar-refractivity contribution in [3.05, 3.63) is 84.4 Å². The van der Waals surface area contributed by atoms with Gasteiger partial charge in [-0.2, -0.15) is 0 Å². The molecule has 2 heterocycles. The molecule has 2 aliphatic heterocycles. The first-order valence-electron chi connectivity index (χ1n) is 14.0. The van der Waals surface area contributed by atoms with Gasteiger partial charge in [-0.25, -0.2) is 9.96 Å². The third-order valence-corrected chi connectivity index (χ3v) is 7.27. The maximum absolute atomic E-state index is 13.8. The topological polar surface area (TPSA) is 68.3 Å². The van der Waals surface area contributed by atoms with Crippen molar-refractivity contribution >= 4 is 23.2 Å². The fourth-order valence-electron chi connectivity index (χ4n) is 5.32. The van der Waals surface area contributed by atoms with Crippen molar-refractivity contribution in [3.63, 3.8) is 0 Å². The lowest BCUT2D eigenvalue weighted by Gasteiger charge is -2.29. The highest BCUT2D eigenvalue weighted by molar-refractivity contribution is 6.23. The van der Waals surface area contributed by atoms with Gasteiger partial charge >= 0.3 is 0 Å². The second-order valence-corrected chi connectivity index (χ2v) is 9.93. The van der Waals surface area contributed by atoms with Gasteiger partial charge in [-0.05, 0) is 67.4 Å². The zero-order valence-electron chi connectivity index (χ0n) is 22.6. The SMILES string of the molecule is CCCCCCCOc1ccc(C2C3C(=O)N(c4ccc(OCC)cc4)C(=O)C3ON2c2ccccc2)cc1. The van der Waals surface area contributed by atoms with Crippen molar-refractivity contribution in [2.24, 2.45) is 5.92 Å². The summed E-state index contributed by atoms with van der Waals surface area (Å²) in [5.41, 5.74) is 2.19. The lowest BCUT2D eigenvalue weighted by atomic mass is 9.90. The summed E-state index contributed by atoms with van der Waals surface area (Å²) in [6.07, 6.45) is 5.01. The Labute approximate surface area is 230 Å². The number of nitrogens with zero attached hydrogens (tertiary/aromatic N) is 2. The van der Waals surface area contributed by atoms with Crippen LogP contribution in [0.25, 0.3) is 0 Å². The molecule has 5 rings (SSSR count). The van der Waals surface area contributed by atoms with Crippen LogP contribution in [0.15, 0.2) is 78.9 Å². The van der Waals surface area contributed by atoms with Gasteiger partial charge in [0, 0.05) is 0 Å². The minimum atomic E-state index is -0.909. The van der Waals surface area contributed by atoms with Crippen molar-refractivity contribution < 1.29 is 23.9 Å². The van der Waals surface area contributed by atoms with Crippen LogP contribution in [-0.4, -0.2) is 31.1 Å². The van der Waals surface area contributed by atoms with Crippen molar-refractivity contribution in [1.29, 1.82) is 0 Å². The van der Waals surface area contributed by atoms with E-state index in [9.17, 15) is 9.59 Å². The average Bonchev–Trinajstić information content (AvgIpc) is 3.48. The number of carbonyl (C=O) groups excluding carboxylic acids is 2. The molecule has 3 unspecified atom stereocenters. The second-order valence-electron chi connectivity index (χ2n) is 9.93. The van der Waals surface area contributed by atoms with Crippen LogP contribution in [0.1, 0.15) is 57.6 Å². The van der Waals surface area contributed by atoms with Gasteiger partial charge in [0.15, 0.2) is 6.10 Å². The maximum atomic E-state index is 13.8. The molecule has 2 amide bonds. The molecule has 0 radical (unpaired) electrons. The van der Waals surface area contributed by atoms with Gasteiger partial charge in [0.1, 0.15) is 17.4 Å². The normalized spacial score (nSPS) is 20.4. The first-order valence-corrected chi connectivity index (χ1v) is 14.0. The van der Waals surface area contributed by atoms with E-state index in [0.29, 0.717) is 24.7 Å². The number of hydrogen-bond acceptors (Lipinski definition) is 6. The molecule has 0 aromatic heterocycles. The fraction of sp³-hybridized carbons (Fsp3) is 0.375. The van der Waals surface area contributed by atoms with Gasteiger partial charge < -0.3 is 9.47 Å². The summed E-state index contributed by atoms with van der Waals surface area (Å²) < 4.78 is 11.5. The van der Waals surface area contributed by atoms with E-state index in [1.165, 1.54) is 30.6 Å². The molecule has 3 aromatic rings. The predicted molar refractivity (Wildman–Crippen MR) is 151 cm³/mol. The summed E-state index contributed by atoms with van der Waals surface area (Å²) in [5.74, 6) is 0.161. The van der Waals surface area contributed by atoms with E-state index < -0.39 is 18.1 Å². The van der Waals surface area contributed by atoms with Crippen LogP contribution in [0, 0.1) is 5.92 Å². The molecule has 0 saturated carbocycles. The van der Waals surface area contributed by atoms with Crippen molar-refractivity contribution in [1.82, 2.24) is 0 Å². The molecule has 3 aromatic carbocycles. The molecule has 2 saturated heterocycles. The van der Waals surface area contributed by atoms with Gasteiger partial charge in [0.2, 0.25) is 5.91 Å². The van der Waals surface area contributed by atoms with E-state index in [0.717, 1.165) is 23.4 Å². The highest BCUT2D eigenvalue weighted by atomic mass is 16.7. The molecule has 2 fully saturated rings. The quantitative estimate of drug-likeness (QED) is 0.198. The zero-order valence-corrected chi connectivity index (χ0v) is 22.6. The van der Waals surface area contributed by atoms with Crippen LogP contribution in [0.2, 0.25) is 0 Å². The Bertz CT molecular complexity index is 1250. The number of hydroxylamine groups is 1. The summed E-state index contributed by atoms with van der Waals surface area (Å²) in [7, 11) is 0. The Kier molecular flexibility index (Phi) is 8.47.